The van der Waals surface area contributed by atoms with Gasteiger partial charge in [0.2, 0.25) is 0 Å². The molecule has 5 heteroatoms. The Bertz CT molecular complexity index is 427. The molecule has 0 unspecified atom stereocenters. The minimum absolute atomic E-state index is 0.116. The zero-order chi connectivity index (χ0) is 12.5. The summed E-state index contributed by atoms with van der Waals surface area (Å²) in [6, 6.07) is 2.72. The van der Waals surface area contributed by atoms with Crippen molar-refractivity contribution < 1.29 is 13.9 Å². The average molecular weight is 310 g/mol. The second-order valence-corrected chi connectivity index (χ2v) is 5.57. The van der Waals surface area contributed by atoms with Crippen LogP contribution >= 0.6 is 27.5 Å². The molecule has 0 aliphatic rings. The molecule has 1 rings (SSSR count). The maximum atomic E-state index is 13.6. The van der Waals surface area contributed by atoms with Crippen molar-refractivity contribution in [3.8, 4) is 0 Å². The first-order valence-corrected chi connectivity index (χ1v) is 5.75. The van der Waals surface area contributed by atoms with Crippen LogP contribution in [0.4, 0.5) is 4.39 Å². The Labute approximate surface area is 107 Å². The molecule has 0 N–H and O–H groups in total. The van der Waals surface area contributed by atoms with Crippen molar-refractivity contribution in [3.05, 3.63) is 33.0 Å². The summed E-state index contributed by atoms with van der Waals surface area (Å²) in [5.74, 6) is -1.49. The molecule has 0 saturated heterocycles. The lowest BCUT2D eigenvalue weighted by molar-refractivity contribution is 0.00646. The third kappa shape index (κ3) is 3.46. The Balaban J connectivity index is 3.09. The van der Waals surface area contributed by atoms with Gasteiger partial charge in [-0.1, -0.05) is 27.5 Å². The highest BCUT2D eigenvalue weighted by molar-refractivity contribution is 9.10. The molecule has 2 nitrogen and oxygen atoms in total. The molecular weight excluding hydrogens is 298 g/mol. The molecule has 1 aromatic carbocycles. The van der Waals surface area contributed by atoms with Gasteiger partial charge in [-0.15, -0.1) is 0 Å². The first kappa shape index (κ1) is 13.5. The summed E-state index contributed by atoms with van der Waals surface area (Å²) in [5.41, 5.74) is -0.840. The quantitative estimate of drug-likeness (QED) is 0.574. The molecule has 0 fully saturated rings. The molecule has 0 saturated carbocycles. The molecule has 0 aromatic heterocycles. The predicted octanol–water partition coefficient (Wildman–Crippen LogP) is 4.20. The van der Waals surface area contributed by atoms with Gasteiger partial charge < -0.3 is 4.74 Å². The number of hydrogen-bond donors (Lipinski definition) is 0. The molecule has 1 aromatic rings. The van der Waals surface area contributed by atoms with E-state index in [1.165, 1.54) is 12.1 Å². The highest BCUT2D eigenvalue weighted by Gasteiger charge is 2.22. The van der Waals surface area contributed by atoms with Crippen LogP contribution in [0.5, 0.6) is 0 Å². The molecule has 0 heterocycles. The number of carbonyl (C=O) groups is 1. The molecule has 0 aliphatic carbocycles. The van der Waals surface area contributed by atoms with E-state index >= 15 is 0 Å². The Morgan fingerprint density at radius 3 is 2.50 bits per heavy atom. The number of hydrogen-bond acceptors (Lipinski definition) is 2. The van der Waals surface area contributed by atoms with E-state index in [4.69, 9.17) is 16.3 Å². The number of ether oxygens (including phenoxy) is 1. The third-order valence-electron chi connectivity index (χ3n) is 1.61. The summed E-state index contributed by atoms with van der Waals surface area (Å²) in [5, 5.41) is -0.116. The highest BCUT2D eigenvalue weighted by Crippen LogP contribution is 2.25. The van der Waals surface area contributed by atoms with Crippen molar-refractivity contribution in [2.75, 3.05) is 0 Å². The van der Waals surface area contributed by atoms with Crippen LogP contribution in [0.25, 0.3) is 0 Å². The van der Waals surface area contributed by atoms with Gasteiger partial charge in [-0.05, 0) is 32.9 Å². The van der Waals surface area contributed by atoms with E-state index in [9.17, 15) is 9.18 Å². The van der Waals surface area contributed by atoms with Gasteiger partial charge in [-0.2, -0.15) is 0 Å². The first-order valence-electron chi connectivity index (χ1n) is 4.58. The van der Waals surface area contributed by atoms with Crippen molar-refractivity contribution in [2.24, 2.45) is 0 Å². The zero-order valence-corrected chi connectivity index (χ0v) is 11.4. The van der Waals surface area contributed by atoms with Gasteiger partial charge >= 0.3 is 5.97 Å². The van der Waals surface area contributed by atoms with Crippen molar-refractivity contribution in [1.82, 2.24) is 0 Å². The van der Waals surface area contributed by atoms with Gasteiger partial charge in [0.1, 0.15) is 5.60 Å². The summed E-state index contributed by atoms with van der Waals surface area (Å²) >= 11 is 8.76. The van der Waals surface area contributed by atoms with Gasteiger partial charge in [-0.3, -0.25) is 0 Å². The minimum Gasteiger partial charge on any atom is -0.456 e. The molecule has 0 radical (unpaired) electrons. The van der Waals surface area contributed by atoms with Crippen LogP contribution in [0.2, 0.25) is 5.02 Å². The molecular formula is C11H11BrClFO2. The maximum absolute atomic E-state index is 13.6. The second-order valence-electron chi connectivity index (χ2n) is 4.25. The molecule has 0 bridgehead atoms. The molecule has 88 valence electrons. The SMILES string of the molecule is CC(C)(C)OC(=O)c1cc(Br)cc(Cl)c1F. The van der Waals surface area contributed by atoms with Crippen molar-refractivity contribution in [1.29, 1.82) is 0 Å². The van der Waals surface area contributed by atoms with Crippen LogP contribution in [-0.2, 0) is 4.74 Å². The lowest BCUT2D eigenvalue weighted by Crippen LogP contribution is -2.24. The zero-order valence-electron chi connectivity index (χ0n) is 9.11. The van der Waals surface area contributed by atoms with Crippen LogP contribution in [0.3, 0.4) is 0 Å². The van der Waals surface area contributed by atoms with E-state index in [1.54, 1.807) is 20.8 Å². The topological polar surface area (TPSA) is 26.3 Å². The highest BCUT2D eigenvalue weighted by atomic mass is 79.9. The van der Waals surface area contributed by atoms with E-state index in [2.05, 4.69) is 15.9 Å². The summed E-state index contributed by atoms with van der Waals surface area (Å²) in [7, 11) is 0. The second kappa shape index (κ2) is 4.72. The number of halogens is 3. The maximum Gasteiger partial charge on any atom is 0.341 e. The number of esters is 1. The van der Waals surface area contributed by atoms with Gasteiger partial charge in [0.15, 0.2) is 5.82 Å². The number of carbonyl (C=O) groups excluding carboxylic acids is 1. The van der Waals surface area contributed by atoms with Crippen molar-refractivity contribution in [3.63, 3.8) is 0 Å². The Kier molecular flexibility index (Phi) is 3.97. The average Bonchev–Trinajstić information content (AvgIpc) is 2.08. The van der Waals surface area contributed by atoms with E-state index in [1.807, 2.05) is 0 Å². The van der Waals surface area contributed by atoms with Crippen LogP contribution in [0, 0.1) is 5.82 Å². The Morgan fingerprint density at radius 2 is 2.00 bits per heavy atom. The largest absolute Gasteiger partial charge is 0.456 e. The summed E-state index contributed by atoms with van der Waals surface area (Å²) in [6.45, 7) is 5.13. The normalized spacial score (nSPS) is 11.4. The third-order valence-corrected chi connectivity index (χ3v) is 2.34. The van der Waals surface area contributed by atoms with E-state index in [0.717, 1.165) is 0 Å². The number of benzene rings is 1. The van der Waals surface area contributed by atoms with E-state index in [0.29, 0.717) is 4.47 Å². The van der Waals surface area contributed by atoms with Gasteiger partial charge in [-0.25, -0.2) is 9.18 Å². The monoisotopic (exact) mass is 308 g/mol. The summed E-state index contributed by atoms with van der Waals surface area (Å²) in [4.78, 5) is 11.6. The molecule has 0 amide bonds. The number of rotatable bonds is 1. The van der Waals surface area contributed by atoms with Gasteiger partial charge in [0, 0.05) is 4.47 Å². The van der Waals surface area contributed by atoms with E-state index in [-0.39, 0.29) is 10.6 Å². The molecule has 0 atom stereocenters. The standard InChI is InChI=1S/C11H11BrClFO2/c1-11(2,3)16-10(15)7-4-6(12)5-8(13)9(7)14/h4-5H,1-3H3. The van der Waals surface area contributed by atoms with Crippen molar-refractivity contribution in [2.45, 2.75) is 26.4 Å². The van der Waals surface area contributed by atoms with Crippen LogP contribution < -0.4 is 0 Å². The van der Waals surface area contributed by atoms with Crippen LogP contribution in [0.1, 0.15) is 31.1 Å². The fourth-order valence-corrected chi connectivity index (χ4v) is 1.85. The summed E-state index contributed by atoms with van der Waals surface area (Å²) < 4.78 is 19.1. The molecule has 16 heavy (non-hydrogen) atoms. The van der Waals surface area contributed by atoms with Crippen molar-refractivity contribution >= 4 is 33.5 Å². The molecule has 0 aliphatic heterocycles. The fourth-order valence-electron chi connectivity index (χ4n) is 1.04. The lowest BCUT2D eigenvalue weighted by atomic mass is 10.1. The fraction of sp³-hybridized carbons (Fsp3) is 0.364. The van der Waals surface area contributed by atoms with E-state index < -0.39 is 17.4 Å². The Morgan fingerprint density at radius 1 is 1.44 bits per heavy atom. The lowest BCUT2D eigenvalue weighted by Gasteiger charge is -2.19. The summed E-state index contributed by atoms with van der Waals surface area (Å²) in [6.07, 6.45) is 0. The Hall–Kier alpha value is -0.610. The minimum atomic E-state index is -0.765. The van der Waals surface area contributed by atoms with Gasteiger partial charge in [0.25, 0.3) is 0 Å². The van der Waals surface area contributed by atoms with Gasteiger partial charge in [0.05, 0.1) is 10.6 Å². The van der Waals surface area contributed by atoms with Crippen LogP contribution in [-0.4, -0.2) is 11.6 Å². The van der Waals surface area contributed by atoms with Crippen LogP contribution in [0.15, 0.2) is 16.6 Å². The smallest absolute Gasteiger partial charge is 0.341 e. The predicted molar refractivity (Wildman–Crippen MR) is 64.3 cm³/mol. The first-order chi connectivity index (χ1) is 7.20. The molecule has 0 spiro atoms.